The van der Waals surface area contributed by atoms with Crippen LogP contribution in [0.15, 0.2) is 47.5 Å². The van der Waals surface area contributed by atoms with Crippen LogP contribution in [-0.2, 0) is 15.1 Å². The zero-order valence-electron chi connectivity index (χ0n) is 16.3. The largest absolute Gasteiger partial charge is 0.497 e. The Balaban J connectivity index is 1.85. The van der Waals surface area contributed by atoms with Crippen molar-refractivity contribution in [1.29, 1.82) is 0 Å². The molecular weight excluding hydrogens is 410 g/mol. The van der Waals surface area contributed by atoms with Crippen molar-refractivity contribution < 1.29 is 19.1 Å². The van der Waals surface area contributed by atoms with Crippen molar-refractivity contribution >= 4 is 40.7 Å². The van der Waals surface area contributed by atoms with Gasteiger partial charge >= 0.3 is 0 Å². The van der Waals surface area contributed by atoms with Crippen molar-refractivity contribution in [2.75, 3.05) is 26.1 Å². The number of amides is 3. The Bertz CT molecular complexity index is 1040. The van der Waals surface area contributed by atoms with Crippen LogP contribution in [0.25, 0.3) is 0 Å². The molecule has 0 radical (unpaired) electrons. The molecule has 0 fully saturated rings. The van der Waals surface area contributed by atoms with Gasteiger partial charge in [0.15, 0.2) is 5.54 Å². The summed E-state index contributed by atoms with van der Waals surface area (Å²) in [6.07, 6.45) is 0. The number of anilines is 1. The molecule has 0 aromatic heterocycles. The number of benzene rings is 2. The van der Waals surface area contributed by atoms with Crippen LogP contribution in [0.2, 0.25) is 5.02 Å². The molecular formula is C20H20ClN5O4. The molecule has 9 nitrogen and oxygen atoms in total. The van der Waals surface area contributed by atoms with Crippen LogP contribution in [0.1, 0.15) is 15.9 Å². The number of hydrogen-bond acceptors (Lipinski definition) is 6. The van der Waals surface area contributed by atoms with Crippen molar-refractivity contribution in [3.63, 3.8) is 0 Å². The molecule has 1 heterocycles. The number of carbonyl (C=O) groups is 3. The summed E-state index contributed by atoms with van der Waals surface area (Å²) in [5, 5.41) is 8.34. The standard InChI is InChI=1S/C20H20ClN5O4/c1-23-18(28)16-20(19(22)29,25-10-24-16)11-3-5-12(6-4-11)26-17(27)14-8-7-13(30-2)9-15(14)21/h3-9,25H,10H2,1-2H3,(H2,22,29)(H,23,28)(H,26,27). The molecule has 156 valence electrons. The van der Waals surface area contributed by atoms with Crippen LogP contribution < -0.4 is 26.4 Å². The fraction of sp³-hybridized carbons (Fsp3) is 0.200. The number of ether oxygens (including phenoxy) is 1. The first-order valence-corrected chi connectivity index (χ1v) is 9.28. The summed E-state index contributed by atoms with van der Waals surface area (Å²) in [5.41, 5.74) is 5.23. The number of rotatable bonds is 6. The molecule has 2 aromatic carbocycles. The second kappa shape index (κ2) is 8.52. The molecule has 2 aromatic rings. The van der Waals surface area contributed by atoms with Crippen molar-refractivity contribution in [1.82, 2.24) is 10.6 Å². The van der Waals surface area contributed by atoms with Crippen molar-refractivity contribution in [3.05, 3.63) is 58.6 Å². The molecule has 1 aliphatic heterocycles. The minimum absolute atomic E-state index is 0.0145. The first-order valence-electron chi connectivity index (χ1n) is 8.91. The highest BCUT2D eigenvalue weighted by Gasteiger charge is 2.49. The Morgan fingerprint density at radius 3 is 2.43 bits per heavy atom. The average molecular weight is 430 g/mol. The summed E-state index contributed by atoms with van der Waals surface area (Å²) in [5.74, 6) is -1.14. The fourth-order valence-corrected chi connectivity index (χ4v) is 3.45. The minimum atomic E-state index is -1.55. The molecule has 0 saturated heterocycles. The monoisotopic (exact) mass is 429 g/mol. The van der Waals surface area contributed by atoms with Crippen LogP contribution in [0.5, 0.6) is 5.75 Å². The number of hydrogen-bond donors (Lipinski definition) is 4. The van der Waals surface area contributed by atoms with E-state index in [1.54, 1.807) is 42.5 Å². The lowest BCUT2D eigenvalue weighted by Gasteiger charge is -2.27. The summed E-state index contributed by atoms with van der Waals surface area (Å²) in [6, 6.07) is 11.1. The van der Waals surface area contributed by atoms with E-state index in [1.807, 2.05) is 0 Å². The van der Waals surface area contributed by atoms with Gasteiger partial charge in [0.25, 0.3) is 11.8 Å². The highest BCUT2D eigenvalue weighted by atomic mass is 35.5. The quantitative estimate of drug-likeness (QED) is 0.544. The Morgan fingerprint density at radius 1 is 1.17 bits per heavy atom. The lowest BCUT2D eigenvalue weighted by atomic mass is 9.84. The number of halogens is 1. The van der Waals surface area contributed by atoms with Crippen LogP contribution in [-0.4, -0.2) is 44.3 Å². The van der Waals surface area contributed by atoms with Gasteiger partial charge in [0, 0.05) is 12.7 Å². The molecule has 1 atom stereocenters. The Hall–Kier alpha value is -3.43. The minimum Gasteiger partial charge on any atom is -0.497 e. The van der Waals surface area contributed by atoms with Gasteiger partial charge in [0.2, 0.25) is 5.91 Å². The molecule has 0 aliphatic carbocycles. The lowest BCUT2D eigenvalue weighted by Crippen LogP contribution is -2.58. The van der Waals surface area contributed by atoms with Crippen LogP contribution in [0.3, 0.4) is 0 Å². The average Bonchev–Trinajstić information content (AvgIpc) is 3.19. The number of primary amides is 1. The summed E-state index contributed by atoms with van der Waals surface area (Å²) in [6.45, 7) is 0.0696. The molecule has 3 rings (SSSR count). The van der Waals surface area contributed by atoms with Gasteiger partial charge in [0.1, 0.15) is 11.5 Å². The third-order valence-electron chi connectivity index (χ3n) is 4.74. The van der Waals surface area contributed by atoms with Gasteiger partial charge in [-0.15, -0.1) is 0 Å². The van der Waals surface area contributed by atoms with Gasteiger partial charge in [-0.1, -0.05) is 23.7 Å². The van der Waals surface area contributed by atoms with Crippen molar-refractivity contribution in [3.8, 4) is 5.75 Å². The summed E-state index contributed by atoms with van der Waals surface area (Å²) in [7, 11) is 2.95. The number of carbonyl (C=O) groups excluding carboxylic acids is 3. The Labute approximate surface area is 177 Å². The van der Waals surface area contributed by atoms with E-state index in [1.165, 1.54) is 14.2 Å². The van der Waals surface area contributed by atoms with Gasteiger partial charge in [-0.3, -0.25) is 24.7 Å². The van der Waals surface area contributed by atoms with Gasteiger partial charge in [-0.2, -0.15) is 0 Å². The van der Waals surface area contributed by atoms with Crippen LogP contribution in [0, 0.1) is 0 Å². The lowest BCUT2D eigenvalue weighted by molar-refractivity contribution is -0.123. The third kappa shape index (κ3) is 3.72. The number of aliphatic imine (C=N–C) groups is 1. The molecule has 1 unspecified atom stereocenters. The van der Waals surface area contributed by atoms with Crippen molar-refractivity contribution in [2.45, 2.75) is 5.54 Å². The summed E-state index contributed by atoms with van der Waals surface area (Å²) >= 11 is 6.14. The third-order valence-corrected chi connectivity index (χ3v) is 5.06. The Kier molecular flexibility index (Phi) is 6.04. The van der Waals surface area contributed by atoms with Crippen LogP contribution in [0.4, 0.5) is 5.69 Å². The first-order chi connectivity index (χ1) is 14.3. The second-order valence-electron chi connectivity index (χ2n) is 6.41. The number of nitrogens with two attached hydrogens (primary N) is 1. The van der Waals surface area contributed by atoms with Gasteiger partial charge in [0.05, 0.1) is 24.4 Å². The normalized spacial score (nSPS) is 17.8. The molecule has 30 heavy (non-hydrogen) atoms. The number of nitrogens with one attached hydrogen (secondary N) is 3. The Morgan fingerprint density at radius 2 is 1.87 bits per heavy atom. The number of nitrogens with zero attached hydrogens (tertiary/aromatic N) is 1. The predicted octanol–water partition coefficient (Wildman–Crippen LogP) is 1.03. The predicted molar refractivity (Wildman–Crippen MR) is 113 cm³/mol. The van der Waals surface area contributed by atoms with E-state index in [0.29, 0.717) is 17.0 Å². The second-order valence-corrected chi connectivity index (χ2v) is 6.82. The van der Waals surface area contributed by atoms with E-state index in [-0.39, 0.29) is 23.0 Å². The van der Waals surface area contributed by atoms with Gasteiger partial charge in [-0.05, 0) is 35.9 Å². The molecule has 5 N–H and O–H groups in total. The van der Waals surface area contributed by atoms with Crippen LogP contribution >= 0.6 is 11.6 Å². The molecule has 3 amide bonds. The smallest absolute Gasteiger partial charge is 0.267 e. The topological polar surface area (TPSA) is 135 Å². The SMILES string of the molecule is CNC(=O)C1=NCNC1(C(N)=O)c1ccc(NC(=O)c2ccc(OC)cc2Cl)cc1. The molecule has 10 heteroatoms. The van der Waals surface area contributed by atoms with Crippen molar-refractivity contribution in [2.24, 2.45) is 10.7 Å². The molecule has 0 saturated carbocycles. The molecule has 1 aliphatic rings. The summed E-state index contributed by atoms with van der Waals surface area (Å²) in [4.78, 5) is 41.1. The molecule has 0 bridgehead atoms. The highest BCUT2D eigenvalue weighted by molar-refractivity contribution is 6.47. The first kappa shape index (κ1) is 21.3. The maximum atomic E-state index is 12.5. The van der Waals surface area contributed by atoms with Gasteiger partial charge < -0.3 is 21.1 Å². The van der Waals surface area contributed by atoms with E-state index in [2.05, 4.69) is 20.9 Å². The van der Waals surface area contributed by atoms with E-state index in [9.17, 15) is 14.4 Å². The molecule has 0 spiro atoms. The van der Waals surface area contributed by atoms with E-state index in [4.69, 9.17) is 22.1 Å². The van der Waals surface area contributed by atoms with E-state index in [0.717, 1.165) is 0 Å². The summed E-state index contributed by atoms with van der Waals surface area (Å²) < 4.78 is 5.07. The highest BCUT2D eigenvalue weighted by Crippen LogP contribution is 2.29. The van der Waals surface area contributed by atoms with E-state index >= 15 is 0 Å². The number of methoxy groups -OCH3 is 1. The fourth-order valence-electron chi connectivity index (χ4n) is 3.19. The zero-order chi connectivity index (χ0) is 21.9. The zero-order valence-corrected chi connectivity index (χ0v) is 17.0. The van der Waals surface area contributed by atoms with Gasteiger partial charge in [-0.25, -0.2) is 0 Å². The maximum Gasteiger partial charge on any atom is 0.267 e. The maximum absolute atomic E-state index is 12.5. The van der Waals surface area contributed by atoms with E-state index < -0.39 is 23.3 Å².